The van der Waals surface area contributed by atoms with Crippen LogP contribution in [-0.4, -0.2) is 45.9 Å². The van der Waals surface area contributed by atoms with E-state index in [9.17, 15) is 4.79 Å². The van der Waals surface area contributed by atoms with Gasteiger partial charge in [0.1, 0.15) is 11.4 Å². The average Bonchev–Trinajstić information content (AvgIpc) is 3.19. The number of carbonyl (C=O) groups is 1. The first kappa shape index (κ1) is 17.3. The molecule has 1 amide bonds. The SMILES string of the molecule is CCCN(C(=O)c1cnn(C)c1N)[C@H]1C[C@@H](OCC)C12CCCC2. The molecule has 0 unspecified atom stereocenters. The highest BCUT2D eigenvalue weighted by molar-refractivity contribution is 5.98. The van der Waals surface area contributed by atoms with E-state index in [0.29, 0.717) is 17.5 Å². The topological polar surface area (TPSA) is 73.4 Å². The number of ether oxygens (including phenoxy) is 1. The predicted molar refractivity (Wildman–Crippen MR) is 93.7 cm³/mol. The van der Waals surface area contributed by atoms with Gasteiger partial charge in [0.2, 0.25) is 0 Å². The molecule has 3 rings (SSSR count). The molecule has 1 spiro atoms. The summed E-state index contributed by atoms with van der Waals surface area (Å²) in [6.07, 6.45) is 8.59. The molecule has 0 radical (unpaired) electrons. The van der Waals surface area contributed by atoms with Gasteiger partial charge in [-0.2, -0.15) is 5.10 Å². The van der Waals surface area contributed by atoms with Crippen LogP contribution in [0.5, 0.6) is 0 Å². The Balaban J connectivity index is 1.85. The maximum absolute atomic E-state index is 13.2. The quantitative estimate of drug-likeness (QED) is 0.868. The van der Waals surface area contributed by atoms with Crippen LogP contribution in [0.25, 0.3) is 0 Å². The van der Waals surface area contributed by atoms with Crippen LogP contribution in [0.1, 0.15) is 62.7 Å². The molecule has 1 heterocycles. The zero-order valence-electron chi connectivity index (χ0n) is 15.1. The number of aryl methyl sites for hydroxylation is 1. The molecule has 0 bridgehead atoms. The van der Waals surface area contributed by atoms with Crippen LogP contribution in [0, 0.1) is 5.41 Å². The highest BCUT2D eigenvalue weighted by Crippen LogP contribution is 2.56. The number of nitrogens with two attached hydrogens (primary N) is 1. The van der Waals surface area contributed by atoms with Crippen LogP contribution in [0.2, 0.25) is 0 Å². The fourth-order valence-corrected chi connectivity index (χ4v) is 4.69. The van der Waals surface area contributed by atoms with Crippen molar-refractivity contribution < 1.29 is 9.53 Å². The highest BCUT2D eigenvalue weighted by Gasteiger charge is 2.59. The lowest BCUT2D eigenvalue weighted by Crippen LogP contribution is -2.65. The number of aromatic nitrogens is 2. The summed E-state index contributed by atoms with van der Waals surface area (Å²) in [4.78, 5) is 15.2. The number of hydrogen-bond donors (Lipinski definition) is 1. The molecule has 0 aliphatic heterocycles. The predicted octanol–water partition coefficient (Wildman–Crippen LogP) is 2.59. The van der Waals surface area contributed by atoms with E-state index in [1.165, 1.54) is 25.7 Å². The lowest BCUT2D eigenvalue weighted by molar-refractivity contribution is -0.156. The first-order chi connectivity index (χ1) is 11.5. The van der Waals surface area contributed by atoms with Gasteiger partial charge in [-0.15, -0.1) is 0 Å². The summed E-state index contributed by atoms with van der Waals surface area (Å²) in [6, 6.07) is 0.267. The van der Waals surface area contributed by atoms with Gasteiger partial charge in [0.25, 0.3) is 5.91 Å². The van der Waals surface area contributed by atoms with Gasteiger partial charge in [-0.05, 0) is 32.6 Å². The van der Waals surface area contributed by atoms with Crippen LogP contribution >= 0.6 is 0 Å². The molecule has 2 aliphatic carbocycles. The minimum Gasteiger partial charge on any atom is -0.383 e. The minimum atomic E-state index is 0.0219. The summed E-state index contributed by atoms with van der Waals surface area (Å²) >= 11 is 0. The van der Waals surface area contributed by atoms with Gasteiger partial charge in [-0.1, -0.05) is 19.8 Å². The lowest BCUT2D eigenvalue weighted by atomic mass is 9.59. The summed E-state index contributed by atoms with van der Waals surface area (Å²) in [5, 5.41) is 4.14. The zero-order chi connectivity index (χ0) is 17.3. The standard InChI is InChI=1S/C18H30N4O2/c1-4-10-22(17(23)13-12-20-21(3)16(13)19)14-11-15(24-5-2)18(14)8-6-7-9-18/h12,14-15H,4-11,19H2,1-3H3/t14-,15+/m0/s1. The molecular weight excluding hydrogens is 304 g/mol. The molecule has 2 fully saturated rings. The monoisotopic (exact) mass is 334 g/mol. The number of nitrogen functional groups attached to an aromatic ring is 1. The van der Waals surface area contributed by atoms with Crippen molar-refractivity contribution >= 4 is 11.7 Å². The second-order valence-electron chi connectivity index (χ2n) is 7.20. The Bertz CT molecular complexity index is 592. The number of rotatable bonds is 6. The van der Waals surface area contributed by atoms with Crippen molar-refractivity contribution in [2.24, 2.45) is 12.5 Å². The van der Waals surface area contributed by atoms with Crippen molar-refractivity contribution in [2.75, 3.05) is 18.9 Å². The van der Waals surface area contributed by atoms with E-state index in [1.54, 1.807) is 17.9 Å². The molecule has 1 aromatic heterocycles. The molecule has 2 N–H and O–H groups in total. The average molecular weight is 334 g/mol. The van der Waals surface area contributed by atoms with E-state index >= 15 is 0 Å². The van der Waals surface area contributed by atoms with Crippen molar-refractivity contribution in [1.29, 1.82) is 0 Å². The Hall–Kier alpha value is -1.56. The Labute approximate surface area is 144 Å². The largest absolute Gasteiger partial charge is 0.383 e. The van der Waals surface area contributed by atoms with Gasteiger partial charge in [0.15, 0.2) is 0 Å². The van der Waals surface area contributed by atoms with Gasteiger partial charge in [-0.25, -0.2) is 0 Å². The molecule has 2 saturated carbocycles. The van der Waals surface area contributed by atoms with Crippen molar-refractivity contribution in [1.82, 2.24) is 14.7 Å². The summed E-state index contributed by atoms with van der Waals surface area (Å²) in [5.74, 6) is 0.468. The Kier molecular flexibility index (Phi) is 4.85. The maximum atomic E-state index is 13.2. The molecule has 6 nitrogen and oxygen atoms in total. The second-order valence-corrected chi connectivity index (χ2v) is 7.20. The van der Waals surface area contributed by atoms with Crippen LogP contribution in [0.15, 0.2) is 6.20 Å². The molecule has 24 heavy (non-hydrogen) atoms. The van der Waals surface area contributed by atoms with E-state index in [-0.39, 0.29) is 17.4 Å². The van der Waals surface area contributed by atoms with Crippen LogP contribution in [0.4, 0.5) is 5.82 Å². The molecular formula is C18H30N4O2. The Morgan fingerprint density at radius 1 is 1.46 bits per heavy atom. The van der Waals surface area contributed by atoms with Gasteiger partial charge in [-0.3, -0.25) is 9.48 Å². The minimum absolute atomic E-state index is 0.0219. The molecule has 2 aliphatic rings. The smallest absolute Gasteiger partial charge is 0.259 e. The third kappa shape index (κ3) is 2.61. The van der Waals surface area contributed by atoms with Gasteiger partial charge in [0.05, 0.1) is 12.3 Å². The lowest BCUT2D eigenvalue weighted by Gasteiger charge is -2.57. The fourth-order valence-electron chi connectivity index (χ4n) is 4.69. The third-order valence-corrected chi connectivity index (χ3v) is 5.96. The maximum Gasteiger partial charge on any atom is 0.259 e. The summed E-state index contributed by atoms with van der Waals surface area (Å²) < 4.78 is 7.57. The Morgan fingerprint density at radius 2 is 2.17 bits per heavy atom. The molecule has 134 valence electrons. The summed E-state index contributed by atoms with van der Waals surface area (Å²) in [6.45, 7) is 5.68. The summed E-state index contributed by atoms with van der Waals surface area (Å²) in [7, 11) is 1.77. The first-order valence-electron chi connectivity index (χ1n) is 9.25. The summed E-state index contributed by atoms with van der Waals surface area (Å²) in [5.41, 5.74) is 6.72. The fraction of sp³-hybridized carbons (Fsp3) is 0.778. The number of hydrogen-bond acceptors (Lipinski definition) is 4. The van der Waals surface area contributed by atoms with Crippen molar-refractivity contribution in [2.45, 2.75) is 64.5 Å². The van der Waals surface area contributed by atoms with E-state index in [2.05, 4.69) is 18.9 Å². The molecule has 1 aromatic rings. The second kappa shape index (κ2) is 6.75. The van der Waals surface area contributed by atoms with Crippen LogP contribution in [0.3, 0.4) is 0 Å². The van der Waals surface area contributed by atoms with Crippen molar-refractivity contribution in [3.8, 4) is 0 Å². The van der Waals surface area contributed by atoms with Crippen molar-refractivity contribution in [3.63, 3.8) is 0 Å². The van der Waals surface area contributed by atoms with Crippen LogP contribution < -0.4 is 5.73 Å². The molecule has 0 saturated heterocycles. The van der Waals surface area contributed by atoms with E-state index < -0.39 is 0 Å². The molecule has 0 aromatic carbocycles. The van der Waals surface area contributed by atoms with E-state index in [0.717, 1.165) is 26.0 Å². The molecule has 2 atom stereocenters. The number of carbonyl (C=O) groups excluding carboxylic acids is 1. The Morgan fingerprint density at radius 3 is 2.71 bits per heavy atom. The van der Waals surface area contributed by atoms with Crippen LogP contribution in [-0.2, 0) is 11.8 Å². The highest BCUT2D eigenvalue weighted by atomic mass is 16.5. The zero-order valence-corrected chi connectivity index (χ0v) is 15.1. The van der Waals surface area contributed by atoms with E-state index in [1.807, 2.05) is 4.90 Å². The van der Waals surface area contributed by atoms with E-state index in [4.69, 9.17) is 10.5 Å². The van der Waals surface area contributed by atoms with Crippen molar-refractivity contribution in [3.05, 3.63) is 11.8 Å². The number of nitrogens with zero attached hydrogens (tertiary/aromatic N) is 3. The normalized spacial score (nSPS) is 25.0. The first-order valence-corrected chi connectivity index (χ1v) is 9.25. The third-order valence-electron chi connectivity index (χ3n) is 5.96. The van der Waals surface area contributed by atoms with Gasteiger partial charge in [0, 0.05) is 31.7 Å². The molecule has 6 heteroatoms. The van der Waals surface area contributed by atoms with Gasteiger partial charge < -0.3 is 15.4 Å². The van der Waals surface area contributed by atoms with Gasteiger partial charge >= 0.3 is 0 Å². The number of amides is 1. The number of anilines is 1.